The molecule has 0 heteroatoms. The highest BCUT2D eigenvalue weighted by molar-refractivity contribution is 6.10. The summed E-state index contributed by atoms with van der Waals surface area (Å²) in [5.41, 5.74) is 9.98. The van der Waals surface area contributed by atoms with E-state index in [2.05, 4.69) is 86.6 Å². The quantitative estimate of drug-likeness (QED) is 0.0462. The van der Waals surface area contributed by atoms with Gasteiger partial charge in [-0.1, -0.05) is 266 Å². The van der Waals surface area contributed by atoms with Crippen LogP contribution in [-0.4, -0.2) is 0 Å². The second-order valence-electron chi connectivity index (χ2n) is 19.0. The van der Waals surface area contributed by atoms with Crippen LogP contribution in [0.3, 0.4) is 0 Å². The van der Waals surface area contributed by atoms with Crippen molar-refractivity contribution < 1.29 is 0 Å². The van der Waals surface area contributed by atoms with Gasteiger partial charge in [-0.2, -0.15) is 0 Å². The maximum atomic E-state index is 2.50. The Morgan fingerprint density at radius 2 is 0.621 bits per heavy atom. The fraction of sp³-hybridized carbons (Fsp3) is 0.621. The third-order valence-corrected chi connectivity index (χ3v) is 14.4. The van der Waals surface area contributed by atoms with Crippen LogP contribution >= 0.6 is 0 Å². The van der Waals surface area contributed by atoms with Gasteiger partial charge in [-0.15, -0.1) is 0 Å². The molecule has 2 aliphatic rings. The summed E-state index contributed by atoms with van der Waals surface area (Å²) < 4.78 is 0. The first kappa shape index (κ1) is 44.7. The normalized spacial score (nSPS) is 17.5. The molecular formula is C58H84. The second kappa shape index (κ2) is 25.7. The van der Waals surface area contributed by atoms with Crippen LogP contribution in [0, 0.1) is 11.8 Å². The minimum Gasteiger partial charge on any atom is -0.0654 e. The molecule has 4 aromatic rings. The fourth-order valence-corrected chi connectivity index (χ4v) is 11.1. The van der Waals surface area contributed by atoms with Crippen molar-refractivity contribution in [2.75, 3.05) is 0 Å². The summed E-state index contributed by atoms with van der Waals surface area (Å²) in [4.78, 5) is 0. The van der Waals surface area contributed by atoms with E-state index in [1.54, 1.807) is 33.4 Å². The Balaban J connectivity index is 1.09. The standard InChI is InChI=1S/C58H84/c1-3-5-7-9-11-13-15-17-19-21-23-25-27-29-37-49-45-51-43-41-47-35-31-33-39-53(47)55(51)57(49)58-50(46-52-44-42-48-36-32-34-40-54(48)56(52)58)38-30-28-26-24-22-20-18-16-14-12-10-8-6-4-2/h31-36,39-44,49-50H,3-30,37-38,45-46H2,1-2H3/b58-57-/t49-,50-/m1/s1. The lowest BCUT2D eigenvalue weighted by Gasteiger charge is -2.23. The third kappa shape index (κ3) is 13.1. The fourth-order valence-electron chi connectivity index (χ4n) is 11.1. The number of hydrogen-bond acceptors (Lipinski definition) is 0. The Labute approximate surface area is 357 Å². The zero-order valence-electron chi connectivity index (χ0n) is 37.7. The van der Waals surface area contributed by atoms with Gasteiger partial charge in [0, 0.05) is 0 Å². The average molecular weight is 781 g/mol. The topological polar surface area (TPSA) is 0 Å². The van der Waals surface area contributed by atoms with E-state index in [9.17, 15) is 0 Å². The van der Waals surface area contributed by atoms with Crippen LogP contribution in [0.1, 0.15) is 229 Å². The third-order valence-electron chi connectivity index (χ3n) is 14.4. The number of allylic oxidation sites excluding steroid dienone is 2. The molecule has 2 aliphatic carbocycles. The van der Waals surface area contributed by atoms with Crippen LogP contribution in [0.25, 0.3) is 32.7 Å². The van der Waals surface area contributed by atoms with Crippen molar-refractivity contribution in [2.45, 2.75) is 219 Å². The maximum Gasteiger partial charge on any atom is -0.0106 e. The predicted octanol–water partition coefficient (Wildman–Crippen LogP) is 19.0. The largest absolute Gasteiger partial charge is 0.0654 e. The summed E-state index contributed by atoms with van der Waals surface area (Å²) >= 11 is 0. The van der Waals surface area contributed by atoms with Gasteiger partial charge >= 0.3 is 0 Å². The molecule has 0 amide bonds. The van der Waals surface area contributed by atoms with Gasteiger partial charge < -0.3 is 0 Å². The van der Waals surface area contributed by atoms with Gasteiger partial charge in [-0.3, -0.25) is 0 Å². The monoisotopic (exact) mass is 781 g/mol. The molecule has 0 saturated carbocycles. The van der Waals surface area contributed by atoms with Crippen LogP contribution in [0.5, 0.6) is 0 Å². The Morgan fingerprint density at radius 3 is 0.948 bits per heavy atom. The Kier molecular flexibility index (Phi) is 19.8. The molecule has 0 spiro atoms. The van der Waals surface area contributed by atoms with Crippen molar-refractivity contribution in [3.63, 3.8) is 0 Å². The van der Waals surface area contributed by atoms with Gasteiger partial charge in [0.2, 0.25) is 0 Å². The highest BCUT2D eigenvalue weighted by atomic mass is 14.4. The summed E-state index contributed by atoms with van der Waals surface area (Å²) in [7, 11) is 0. The van der Waals surface area contributed by atoms with E-state index in [1.165, 1.54) is 227 Å². The Morgan fingerprint density at radius 1 is 0.328 bits per heavy atom. The maximum absolute atomic E-state index is 2.50. The molecule has 4 aromatic carbocycles. The first-order valence-electron chi connectivity index (χ1n) is 25.6. The minimum atomic E-state index is 0.636. The van der Waals surface area contributed by atoms with E-state index in [4.69, 9.17) is 0 Å². The Bertz CT molecular complexity index is 1660. The van der Waals surface area contributed by atoms with E-state index in [-0.39, 0.29) is 0 Å². The SMILES string of the molecule is CCCCCCCCCCCCCCCC[C@@H]1Cc2ccc3ccccc3c2/C1=C1\c2c(ccc3ccccc23)C[C@H]1CCCCCCCCCCCCCCCC. The molecular weight excluding hydrogens is 697 g/mol. The van der Waals surface area contributed by atoms with E-state index in [0.717, 1.165) is 0 Å². The molecule has 0 N–H and O–H groups in total. The van der Waals surface area contributed by atoms with Crippen molar-refractivity contribution in [3.8, 4) is 0 Å². The van der Waals surface area contributed by atoms with Gasteiger partial charge in [0.05, 0.1) is 0 Å². The van der Waals surface area contributed by atoms with Gasteiger partial charge in [-0.05, 0) is 92.5 Å². The van der Waals surface area contributed by atoms with Gasteiger partial charge in [0.25, 0.3) is 0 Å². The lowest BCUT2D eigenvalue weighted by molar-refractivity contribution is 0.509. The van der Waals surface area contributed by atoms with Crippen LogP contribution in [0.4, 0.5) is 0 Å². The van der Waals surface area contributed by atoms with Crippen LogP contribution in [0.15, 0.2) is 72.8 Å². The molecule has 0 bridgehead atoms. The molecule has 6 rings (SSSR count). The summed E-state index contributed by atoms with van der Waals surface area (Å²) in [5, 5.41) is 5.82. The van der Waals surface area contributed by atoms with Crippen molar-refractivity contribution >= 4 is 32.7 Å². The second-order valence-corrected chi connectivity index (χ2v) is 19.0. The van der Waals surface area contributed by atoms with Gasteiger partial charge in [-0.25, -0.2) is 0 Å². The van der Waals surface area contributed by atoms with Crippen LogP contribution in [-0.2, 0) is 12.8 Å². The number of benzene rings is 4. The van der Waals surface area contributed by atoms with E-state index < -0.39 is 0 Å². The first-order chi connectivity index (χ1) is 28.8. The first-order valence-corrected chi connectivity index (χ1v) is 25.6. The van der Waals surface area contributed by atoms with Crippen molar-refractivity contribution in [3.05, 3.63) is 95.1 Å². The molecule has 58 heavy (non-hydrogen) atoms. The van der Waals surface area contributed by atoms with Crippen molar-refractivity contribution in [2.24, 2.45) is 11.8 Å². The summed E-state index contributed by atoms with van der Waals surface area (Å²) in [6.45, 7) is 4.64. The highest BCUT2D eigenvalue weighted by Crippen LogP contribution is 2.54. The summed E-state index contributed by atoms with van der Waals surface area (Å²) in [5.74, 6) is 1.27. The van der Waals surface area contributed by atoms with Gasteiger partial charge in [0.1, 0.15) is 0 Å². The molecule has 0 unspecified atom stereocenters. The molecule has 0 saturated heterocycles. The average Bonchev–Trinajstić information content (AvgIpc) is 3.81. The minimum absolute atomic E-state index is 0.636. The molecule has 316 valence electrons. The number of hydrogen-bond donors (Lipinski definition) is 0. The number of rotatable bonds is 30. The summed E-state index contributed by atoms with van der Waals surface area (Å²) in [6, 6.07) is 28.5. The zero-order valence-corrected chi connectivity index (χ0v) is 37.7. The molecule has 2 atom stereocenters. The van der Waals surface area contributed by atoms with Crippen LogP contribution in [0.2, 0.25) is 0 Å². The highest BCUT2D eigenvalue weighted by Gasteiger charge is 2.37. The number of unbranched alkanes of at least 4 members (excludes halogenated alkanes) is 26. The summed E-state index contributed by atoms with van der Waals surface area (Å²) in [6.07, 6.45) is 45.2. The smallest absolute Gasteiger partial charge is 0.0106 e. The van der Waals surface area contributed by atoms with Gasteiger partial charge in [0.15, 0.2) is 0 Å². The van der Waals surface area contributed by atoms with Crippen molar-refractivity contribution in [1.82, 2.24) is 0 Å². The van der Waals surface area contributed by atoms with E-state index in [0.29, 0.717) is 11.8 Å². The molecule has 0 aromatic heterocycles. The lowest BCUT2D eigenvalue weighted by atomic mass is 9.81. The molecule has 0 heterocycles. The zero-order chi connectivity index (χ0) is 40.0. The lowest BCUT2D eigenvalue weighted by Crippen LogP contribution is -2.07. The Hall–Kier alpha value is -2.86. The van der Waals surface area contributed by atoms with E-state index in [1.807, 2.05) is 0 Å². The predicted molar refractivity (Wildman–Crippen MR) is 259 cm³/mol. The number of fused-ring (bicyclic) bond motifs is 6. The molecule has 0 nitrogen and oxygen atoms in total. The van der Waals surface area contributed by atoms with Crippen LogP contribution < -0.4 is 0 Å². The molecule has 0 aliphatic heterocycles. The molecule has 0 radical (unpaired) electrons. The van der Waals surface area contributed by atoms with Crippen molar-refractivity contribution in [1.29, 1.82) is 0 Å². The molecule has 0 fully saturated rings. The van der Waals surface area contributed by atoms with E-state index >= 15 is 0 Å².